The van der Waals surface area contributed by atoms with Crippen LogP contribution in [0.3, 0.4) is 0 Å². The Hall–Kier alpha value is -1.09. The molecular weight excluding hydrogens is 234 g/mol. The lowest BCUT2D eigenvalue weighted by Crippen LogP contribution is -2.46. The Kier molecular flexibility index (Phi) is 4.46. The van der Waals surface area contributed by atoms with Crippen molar-refractivity contribution in [3.8, 4) is 0 Å². The third-order valence-electron chi connectivity index (χ3n) is 4.41. The third kappa shape index (κ3) is 3.08. The second kappa shape index (κ2) is 5.91. The van der Waals surface area contributed by atoms with E-state index in [9.17, 15) is 0 Å². The molecule has 1 fully saturated rings. The zero-order valence-corrected chi connectivity index (χ0v) is 12.7. The van der Waals surface area contributed by atoms with E-state index in [1.165, 1.54) is 17.5 Å². The van der Waals surface area contributed by atoms with E-state index in [1.807, 2.05) is 6.20 Å². The monoisotopic (exact) mass is 261 g/mol. The van der Waals surface area contributed by atoms with Crippen LogP contribution in [0, 0.1) is 18.8 Å². The van der Waals surface area contributed by atoms with Crippen molar-refractivity contribution in [3.05, 3.63) is 23.4 Å². The highest BCUT2D eigenvalue weighted by Gasteiger charge is 2.30. The minimum absolute atomic E-state index is 0.572. The number of hydrogen-bond donors (Lipinski definition) is 1. The molecule has 0 aromatic carbocycles. The summed E-state index contributed by atoms with van der Waals surface area (Å²) in [6, 6.07) is 2.81. The lowest BCUT2D eigenvalue weighted by atomic mass is 9.86. The van der Waals surface area contributed by atoms with Crippen LogP contribution in [0.2, 0.25) is 0 Å². The van der Waals surface area contributed by atoms with Gasteiger partial charge in [-0.15, -0.1) is 0 Å². The predicted molar refractivity (Wildman–Crippen MR) is 81.5 cm³/mol. The number of anilines is 1. The maximum atomic E-state index is 5.61. The molecule has 19 heavy (non-hydrogen) atoms. The number of aryl methyl sites for hydroxylation is 1. The summed E-state index contributed by atoms with van der Waals surface area (Å²) in [7, 11) is 0. The van der Waals surface area contributed by atoms with Gasteiger partial charge in [-0.2, -0.15) is 0 Å². The number of nitrogens with two attached hydrogens (primary N) is 1. The number of pyridine rings is 1. The molecule has 3 unspecified atom stereocenters. The molecule has 0 spiro atoms. The van der Waals surface area contributed by atoms with Crippen LogP contribution in [0.1, 0.15) is 38.3 Å². The first kappa shape index (κ1) is 14.3. The number of hydrogen-bond acceptors (Lipinski definition) is 3. The lowest BCUT2D eigenvalue weighted by molar-refractivity contribution is 0.295. The Balaban J connectivity index is 2.25. The van der Waals surface area contributed by atoms with Gasteiger partial charge in [0.1, 0.15) is 5.82 Å². The van der Waals surface area contributed by atoms with Gasteiger partial charge in [0.15, 0.2) is 0 Å². The average molecular weight is 261 g/mol. The zero-order chi connectivity index (χ0) is 14.0. The maximum Gasteiger partial charge on any atom is 0.131 e. The van der Waals surface area contributed by atoms with Crippen LogP contribution in [-0.4, -0.2) is 24.1 Å². The molecule has 3 atom stereocenters. The molecule has 0 radical (unpaired) electrons. The minimum atomic E-state index is 0.572. The van der Waals surface area contributed by atoms with Gasteiger partial charge in [0.2, 0.25) is 0 Å². The van der Waals surface area contributed by atoms with E-state index in [0.29, 0.717) is 12.6 Å². The van der Waals surface area contributed by atoms with Gasteiger partial charge < -0.3 is 10.6 Å². The fourth-order valence-electron chi connectivity index (χ4n) is 3.22. The van der Waals surface area contributed by atoms with E-state index in [2.05, 4.69) is 38.7 Å². The highest BCUT2D eigenvalue weighted by Crippen LogP contribution is 2.31. The summed E-state index contributed by atoms with van der Waals surface area (Å²) in [5, 5.41) is 0. The van der Waals surface area contributed by atoms with Crippen molar-refractivity contribution in [2.24, 2.45) is 17.6 Å². The summed E-state index contributed by atoms with van der Waals surface area (Å²) in [5.41, 5.74) is 8.13. The summed E-state index contributed by atoms with van der Waals surface area (Å²) in [5.74, 6) is 2.64. The number of piperidine rings is 1. The van der Waals surface area contributed by atoms with Crippen LogP contribution >= 0.6 is 0 Å². The second-order valence-corrected chi connectivity index (χ2v) is 6.23. The van der Waals surface area contributed by atoms with E-state index in [0.717, 1.165) is 30.6 Å². The van der Waals surface area contributed by atoms with Gasteiger partial charge in [0, 0.05) is 18.8 Å². The molecule has 0 bridgehead atoms. The molecule has 0 amide bonds. The van der Waals surface area contributed by atoms with Crippen molar-refractivity contribution in [3.63, 3.8) is 0 Å². The quantitative estimate of drug-likeness (QED) is 0.909. The Bertz CT molecular complexity index is 430. The van der Waals surface area contributed by atoms with Crippen molar-refractivity contribution >= 4 is 5.82 Å². The van der Waals surface area contributed by atoms with E-state index >= 15 is 0 Å². The molecule has 1 aromatic heterocycles. The van der Waals surface area contributed by atoms with Gasteiger partial charge in [-0.1, -0.05) is 19.9 Å². The van der Waals surface area contributed by atoms with Gasteiger partial charge in [-0.3, -0.25) is 0 Å². The zero-order valence-electron chi connectivity index (χ0n) is 12.7. The summed E-state index contributed by atoms with van der Waals surface area (Å²) < 4.78 is 0. The molecule has 0 aliphatic carbocycles. The standard InChI is InChI=1S/C16H27N3/c1-11-7-12(2)14(4)19(10-11)16-13(3)8-15(5-6-17)9-18-16/h8-9,11-12,14H,5-7,10,17H2,1-4H3. The van der Waals surface area contributed by atoms with Crippen molar-refractivity contribution in [1.29, 1.82) is 0 Å². The van der Waals surface area contributed by atoms with Crippen LogP contribution < -0.4 is 10.6 Å². The van der Waals surface area contributed by atoms with Crippen molar-refractivity contribution in [2.75, 3.05) is 18.0 Å². The van der Waals surface area contributed by atoms with Crippen molar-refractivity contribution in [2.45, 2.75) is 46.6 Å². The fourth-order valence-corrected chi connectivity index (χ4v) is 3.22. The molecule has 0 saturated carbocycles. The molecular formula is C16H27N3. The minimum Gasteiger partial charge on any atom is -0.353 e. The van der Waals surface area contributed by atoms with Gasteiger partial charge in [0.05, 0.1) is 0 Å². The summed E-state index contributed by atoms with van der Waals surface area (Å²) in [6.07, 6.45) is 4.23. The van der Waals surface area contributed by atoms with Crippen LogP contribution in [0.15, 0.2) is 12.3 Å². The fraction of sp³-hybridized carbons (Fsp3) is 0.688. The smallest absolute Gasteiger partial charge is 0.131 e. The van der Waals surface area contributed by atoms with Gasteiger partial charge in [-0.05, 0) is 56.2 Å². The molecule has 1 aromatic rings. The normalized spacial score (nSPS) is 27.6. The summed E-state index contributed by atoms with van der Waals surface area (Å²) >= 11 is 0. The Labute approximate surface area is 117 Å². The molecule has 2 heterocycles. The largest absolute Gasteiger partial charge is 0.353 e. The number of rotatable bonds is 3. The second-order valence-electron chi connectivity index (χ2n) is 6.23. The molecule has 3 heteroatoms. The van der Waals surface area contributed by atoms with E-state index in [4.69, 9.17) is 10.7 Å². The summed E-state index contributed by atoms with van der Waals surface area (Å²) in [6.45, 7) is 11.0. The molecule has 1 aliphatic rings. The summed E-state index contributed by atoms with van der Waals surface area (Å²) in [4.78, 5) is 7.20. The van der Waals surface area contributed by atoms with Crippen LogP contribution in [-0.2, 0) is 6.42 Å². The van der Waals surface area contributed by atoms with Crippen molar-refractivity contribution in [1.82, 2.24) is 4.98 Å². The van der Waals surface area contributed by atoms with E-state index in [-0.39, 0.29) is 0 Å². The first-order valence-electron chi connectivity index (χ1n) is 7.45. The molecule has 1 aliphatic heterocycles. The third-order valence-corrected chi connectivity index (χ3v) is 4.41. The molecule has 3 nitrogen and oxygen atoms in total. The molecule has 2 N–H and O–H groups in total. The van der Waals surface area contributed by atoms with Crippen LogP contribution in [0.5, 0.6) is 0 Å². The van der Waals surface area contributed by atoms with Crippen LogP contribution in [0.4, 0.5) is 5.82 Å². The predicted octanol–water partition coefficient (Wildman–Crippen LogP) is 2.76. The first-order valence-corrected chi connectivity index (χ1v) is 7.45. The van der Waals surface area contributed by atoms with E-state index in [1.54, 1.807) is 0 Å². The Morgan fingerprint density at radius 3 is 2.74 bits per heavy atom. The van der Waals surface area contributed by atoms with Crippen LogP contribution in [0.25, 0.3) is 0 Å². The van der Waals surface area contributed by atoms with Gasteiger partial charge >= 0.3 is 0 Å². The highest BCUT2D eigenvalue weighted by molar-refractivity contribution is 5.49. The lowest BCUT2D eigenvalue weighted by Gasteiger charge is -2.42. The average Bonchev–Trinajstić information content (AvgIpc) is 2.35. The number of nitrogens with zero attached hydrogens (tertiary/aromatic N) is 2. The number of aromatic nitrogens is 1. The highest BCUT2D eigenvalue weighted by atomic mass is 15.2. The maximum absolute atomic E-state index is 5.61. The topological polar surface area (TPSA) is 42.1 Å². The SMILES string of the molecule is Cc1cc(CCN)cnc1N1CC(C)CC(C)C1C. The van der Waals surface area contributed by atoms with Gasteiger partial charge in [-0.25, -0.2) is 4.98 Å². The first-order chi connectivity index (χ1) is 9.02. The molecule has 106 valence electrons. The van der Waals surface area contributed by atoms with Gasteiger partial charge in [0.25, 0.3) is 0 Å². The molecule has 2 rings (SSSR count). The molecule has 1 saturated heterocycles. The Morgan fingerprint density at radius 2 is 2.11 bits per heavy atom. The van der Waals surface area contributed by atoms with Crippen molar-refractivity contribution < 1.29 is 0 Å². The Morgan fingerprint density at radius 1 is 1.37 bits per heavy atom. The van der Waals surface area contributed by atoms with E-state index < -0.39 is 0 Å².